The van der Waals surface area contributed by atoms with E-state index in [9.17, 15) is 19.6 Å². The number of fused-ring (bicyclic) bond motifs is 2. The summed E-state index contributed by atoms with van der Waals surface area (Å²) in [5.74, 6) is -0.726. The monoisotopic (exact) mass is 519 g/mol. The fraction of sp³-hybridized carbons (Fsp3) is 0.333. The average Bonchev–Trinajstić information content (AvgIpc) is 3.50. The maximum atomic E-state index is 13.2. The van der Waals surface area contributed by atoms with Gasteiger partial charge < -0.3 is 25.7 Å². The van der Waals surface area contributed by atoms with Crippen LogP contribution in [0.15, 0.2) is 42.5 Å². The highest BCUT2D eigenvalue weighted by atomic mass is 35.5. The zero-order valence-electron chi connectivity index (χ0n) is 20.1. The van der Waals surface area contributed by atoms with Gasteiger partial charge in [-0.3, -0.25) is 14.4 Å². The van der Waals surface area contributed by atoms with Crippen LogP contribution in [0.2, 0.25) is 5.02 Å². The van der Waals surface area contributed by atoms with Crippen LogP contribution in [0, 0.1) is 17.2 Å². The van der Waals surface area contributed by atoms with Gasteiger partial charge in [-0.1, -0.05) is 36.6 Å². The number of nitriles is 1. The number of rotatable bonds is 9. The Morgan fingerprint density at radius 1 is 1.19 bits per heavy atom. The number of amides is 3. The predicted octanol–water partition coefficient (Wildman–Crippen LogP) is 3.86. The summed E-state index contributed by atoms with van der Waals surface area (Å²) >= 11 is 6.02. The minimum atomic E-state index is -0.916. The molecule has 2 heterocycles. The number of benzene rings is 2. The van der Waals surface area contributed by atoms with Crippen molar-refractivity contribution in [1.29, 1.82) is 5.26 Å². The van der Waals surface area contributed by atoms with Crippen molar-refractivity contribution in [3.8, 4) is 11.8 Å². The Labute approximate surface area is 218 Å². The maximum Gasteiger partial charge on any atom is 0.268 e. The number of methoxy groups -OCH3 is 1. The third-order valence-electron chi connectivity index (χ3n) is 6.89. The number of ether oxygens (including phenoxy) is 1. The zero-order chi connectivity index (χ0) is 26.1. The van der Waals surface area contributed by atoms with Gasteiger partial charge in [-0.25, -0.2) is 0 Å². The molecule has 2 aromatic carbocycles. The molecule has 3 aromatic rings. The van der Waals surface area contributed by atoms with Crippen LogP contribution in [0.5, 0.6) is 5.75 Å². The van der Waals surface area contributed by atoms with Crippen molar-refractivity contribution < 1.29 is 19.1 Å². The largest absolute Gasteiger partial charge is 0.496 e. The van der Waals surface area contributed by atoms with Crippen LogP contribution < -0.4 is 20.7 Å². The molecule has 5 rings (SSSR count). The van der Waals surface area contributed by atoms with Crippen molar-refractivity contribution in [2.45, 2.75) is 43.7 Å². The van der Waals surface area contributed by atoms with Crippen LogP contribution >= 0.6 is 11.6 Å². The minimum Gasteiger partial charge on any atom is -0.496 e. The third-order valence-corrected chi connectivity index (χ3v) is 7.12. The lowest BCUT2D eigenvalue weighted by atomic mass is 9.93. The summed E-state index contributed by atoms with van der Waals surface area (Å²) in [7, 11) is 1.56. The highest BCUT2D eigenvalue weighted by Gasteiger charge is 2.35. The summed E-state index contributed by atoms with van der Waals surface area (Å²) in [6, 6.07) is 12.6. The Morgan fingerprint density at radius 2 is 2.00 bits per heavy atom. The molecule has 1 saturated carbocycles. The van der Waals surface area contributed by atoms with E-state index in [4.69, 9.17) is 16.3 Å². The first-order chi connectivity index (χ1) is 17.9. The SMILES string of the molecule is COc1cccc2[nH]c(C(=O)N[C@@H](CC3CC3)C(=O)N[C@H](C#N)C[C@H]3C(=O)Nc4cc(Cl)ccc43)cc12. The fourth-order valence-electron chi connectivity index (χ4n) is 4.77. The number of aromatic nitrogens is 1. The first-order valence-corrected chi connectivity index (χ1v) is 12.5. The van der Waals surface area contributed by atoms with Gasteiger partial charge in [-0.05, 0) is 54.7 Å². The van der Waals surface area contributed by atoms with E-state index in [-0.39, 0.29) is 12.3 Å². The summed E-state index contributed by atoms with van der Waals surface area (Å²) < 4.78 is 5.37. The summed E-state index contributed by atoms with van der Waals surface area (Å²) in [5.41, 5.74) is 2.40. The molecule has 10 heteroatoms. The Bertz CT molecular complexity index is 1420. The molecule has 0 radical (unpaired) electrons. The van der Waals surface area contributed by atoms with Crippen LogP contribution in [0.4, 0.5) is 5.69 Å². The quantitative estimate of drug-likeness (QED) is 0.340. The number of halogens is 1. The average molecular weight is 520 g/mol. The molecule has 1 aromatic heterocycles. The minimum absolute atomic E-state index is 0.106. The fourth-order valence-corrected chi connectivity index (χ4v) is 4.94. The molecule has 2 aliphatic rings. The zero-order valence-corrected chi connectivity index (χ0v) is 20.9. The van der Waals surface area contributed by atoms with Crippen LogP contribution in [0.1, 0.15) is 47.7 Å². The molecule has 0 bridgehead atoms. The number of H-pyrrole nitrogens is 1. The smallest absolute Gasteiger partial charge is 0.268 e. The van der Waals surface area contributed by atoms with Crippen molar-refractivity contribution in [3.05, 3.63) is 58.7 Å². The molecule has 0 spiro atoms. The van der Waals surface area contributed by atoms with E-state index in [2.05, 4.69) is 27.0 Å². The first-order valence-electron chi connectivity index (χ1n) is 12.1. The highest BCUT2D eigenvalue weighted by molar-refractivity contribution is 6.31. The lowest BCUT2D eigenvalue weighted by Gasteiger charge is -2.21. The standard InChI is InChI=1S/C27H26ClN5O4/c1-37-24-4-2-3-20-19(24)12-23(31-20)27(36)33-22(9-14-5-6-14)26(35)30-16(13-29)11-18-17-8-7-15(28)10-21(17)32-25(18)34/h2-4,7-8,10,12,14,16,18,22,31H,5-6,9,11H2,1H3,(H,30,35)(H,32,34)(H,33,36)/t16-,18+,22-/m0/s1. The molecular formula is C27H26ClN5O4. The van der Waals surface area contributed by atoms with Gasteiger partial charge in [0.15, 0.2) is 0 Å². The lowest BCUT2D eigenvalue weighted by Crippen LogP contribution is -2.50. The van der Waals surface area contributed by atoms with Crippen LogP contribution in [-0.2, 0) is 9.59 Å². The number of carbonyl (C=O) groups excluding carboxylic acids is 3. The molecule has 4 N–H and O–H groups in total. The van der Waals surface area contributed by atoms with Crippen molar-refractivity contribution in [3.63, 3.8) is 0 Å². The van der Waals surface area contributed by atoms with Crippen molar-refractivity contribution in [2.24, 2.45) is 5.92 Å². The van der Waals surface area contributed by atoms with Gasteiger partial charge >= 0.3 is 0 Å². The molecule has 37 heavy (non-hydrogen) atoms. The predicted molar refractivity (Wildman–Crippen MR) is 138 cm³/mol. The van der Waals surface area contributed by atoms with Gasteiger partial charge in [0.05, 0.1) is 19.1 Å². The number of hydrogen-bond donors (Lipinski definition) is 4. The van der Waals surface area contributed by atoms with E-state index in [0.29, 0.717) is 34.5 Å². The molecular weight excluding hydrogens is 494 g/mol. The highest BCUT2D eigenvalue weighted by Crippen LogP contribution is 2.37. The summed E-state index contributed by atoms with van der Waals surface area (Å²) in [6.45, 7) is 0. The van der Waals surface area contributed by atoms with Gasteiger partial charge in [0.2, 0.25) is 11.8 Å². The number of anilines is 1. The van der Waals surface area contributed by atoms with Gasteiger partial charge in [-0.2, -0.15) is 5.26 Å². The van der Waals surface area contributed by atoms with Crippen LogP contribution in [0.25, 0.3) is 10.9 Å². The van der Waals surface area contributed by atoms with Crippen molar-refractivity contribution in [2.75, 3.05) is 12.4 Å². The molecule has 190 valence electrons. The summed E-state index contributed by atoms with van der Waals surface area (Å²) in [5, 5.41) is 19.4. The molecule has 1 aliphatic heterocycles. The molecule has 1 fully saturated rings. The summed E-state index contributed by atoms with van der Waals surface area (Å²) in [6.07, 6.45) is 2.57. The Kier molecular flexibility index (Phi) is 6.76. The topological polar surface area (TPSA) is 136 Å². The van der Waals surface area contributed by atoms with Gasteiger partial charge in [0.1, 0.15) is 23.5 Å². The van der Waals surface area contributed by atoms with E-state index in [1.54, 1.807) is 37.4 Å². The van der Waals surface area contributed by atoms with Gasteiger partial charge in [-0.15, -0.1) is 0 Å². The maximum absolute atomic E-state index is 13.2. The number of nitrogens with one attached hydrogen (secondary N) is 4. The normalized spacial score (nSPS) is 17.9. The van der Waals surface area contributed by atoms with E-state index < -0.39 is 29.8 Å². The first kappa shape index (κ1) is 24.7. The number of aromatic amines is 1. The van der Waals surface area contributed by atoms with Gasteiger partial charge in [0.25, 0.3) is 5.91 Å². The van der Waals surface area contributed by atoms with Crippen LogP contribution in [0.3, 0.4) is 0 Å². The third kappa shape index (κ3) is 5.25. The van der Waals surface area contributed by atoms with E-state index in [1.165, 1.54) is 0 Å². The molecule has 0 unspecified atom stereocenters. The Hall–Kier alpha value is -4.03. The molecule has 0 saturated heterocycles. The van der Waals surface area contributed by atoms with Crippen molar-refractivity contribution in [1.82, 2.24) is 15.6 Å². The second kappa shape index (κ2) is 10.1. The van der Waals surface area contributed by atoms with E-state index in [1.807, 2.05) is 12.1 Å². The van der Waals surface area contributed by atoms with Gasteiger partial charge in [0, 0.05) is 21.6 Å². The molecule has 1 aliphatic carbocycles. The van der Waals surface area contributed by atoms with E-state index in [0.717, 1.165) is 29.3 Å². The Morgan fingerprint density at radius 3 is 2.73 bits per heavy atom. The molecule has 9 nitrogen and oxygen atoms in total. The summed E-state index contributed by atoms with van der Waals surface area (Å²) in [4.78, 5) is 41.9. The molecule has 3 atom stereocenters. The number of nitrogens with zero attached hydrogens (tertiary/aromatic N) is 1. The van der Waals surface area contributed by atoms with Crippen molar-refractivity contribution >= 4 is 45.9 Å². The number of hydrogen-bond acceptors (Lipinski definition) is 5. The van der Waals surface area contributed by atoms with E-state index >= 15 is 0 Å². The molecule has 3 amide bonds. The van der Waals surface area contributed by atoms with Crippen LogP contribution in [-0.4, -0.2) is 41.9 Å². The second-order valence-corrected chi connectivity index (χ2v) is 9.95. The lowest BCUT2D eigenvalue weighted by molar-refractivity contribution is -0.124. The Balaban J connectivity index is 1.29. The number of carbonyl (C=O) groups is 3. The second-order valence-electron chi connectivity index (χ2n) is 9.51.